The molecule has 0 N–H and O–H groups in total. The zero-order valence-electron chi connectivity index (χ0n) is 12.6. The molecule has 1 heterocycles. The van der Waals surface area contributed by atoms with Crippen molar-refractivity contribution in [3.8, 4) is 0 Å². The number of rotatable bonds is 7. The summed E-state index contributed by atoms with van der Waals surface area (Å²) in [6.45, 7) is 5.27. The van der Waals surface area contributed by atoms with Gasteiger partial charge in [-0.3, -0.25) is 4.68 Å². The fraction of sp³-hybridized carbons (Fsp3) is 0.471. The fourth-order valence-electron chi connectivity index (χ4n) is 2.56. The number of hydrogen-bond acceptors (Lipinski definition) is 1. The summed E-state index contributed by atoms with van der Waals surface area (Å²) in [6.07, 6.45) is 3.17. The lowest BCUT2D eigenvalue weighted by Gasteiger charge is -2.15. The maximum Gasteiger partial charge on any atom is 0.0624 e. The largest absolute Gasteiger partial charge is 0.270 e. The summed E-state index contributed by atoms with van der Waals surface area (Å²) < 4.78 is 3.29. The Hall–Kier alpha value is -0.610. The first-order chi connectivity index (χ1) is 10.2. The lowest BCUT2D eigenvalue weighted by atomic mass is 9.96. The average Bonchev–Trinajstić information content (AvgIpc) is 2.91. The highest BCUT2D eigenvalue weighted by atomic mass is 79.9. The lowest BCUT2D eigenvalue weighted by molar-refractivity contribution is 0.535. The van der Waals surface area contributed by atoms with Crippen LogP contribution in [0.2, 0.25) is 0 Å². The first-order valence-electron chi connectivity index (χ1n) is 7.52. The molecule has 2 aromatic rings. The van der Waals surface area contributed by atoms with Gasteiger partial charge < -0.3 is 0 Å². The SMILES string of the molecule is CCc1cc(CC(CBr)Cc2ccc(Br)cc2)n(CC)n1. The molecule has 0 saturated carbocycles. The van der Waals surface area contributed by atoms with Gasteiger partial charge in [-0.2, -0.15) is 5.10 Å². The fourth-order valence-corrected chi connectivity index (χ4v) is 3.28. The van der Waals surface area contributed by atoms with Gasteiger partial charge in [-0.05, 0) is 55.9 Å². The van der Waals surface area contributed by atoms with Crippen molar-refractivity contribution in [2.24, 2.45) is 5.92 Å². The third-order valence-electron chi connectivity index (χ3n) is 3.73. The smallest absolute Gasteiger partial charge is 0.0624 e. The standard InChI is InChI=1S/C17H22Br2N2/c1-3-16-11-17(21(4-2)20-16)10-14(12-18)9-13-5-7-15(19)8-6-13/h5-8,11,14H,3-4,9-10,12H2,1-2H3. The van der Waals surface area contributed by atoms with Gasteiger partial charge in [-0.1, -0.05) is 50.9 Å². The van der Waals surface area contributed by atoms with Crippen LogP contribution in [-0.4, -0.2) is 15.1 Å². The highest BCUT2D eigenvalue weighted by Crippen LogP contribution is 2.19. The van der Waals surface area contributed by atoms with Gasteiger partial charge in [0.2, 0.25) is 0 Å². The minimum Gasteiger partial charge on any atom is -0.270 e. The van der Waals surface area contributed by atoms with E-state index in [1.165, 1.54) is 17.0 Å². The van der Waals surface area contributed by atoms with Crippen molar-refractivity contribution >= 4 is 31.9 Å². The zero-order valence-corrected chi connectivity index (χ0v) is 15.8. The van der Waals surface area contributed by atoms with Crippen LogP contribution in [0.1, 0.15) is 30.8 Å². The van der Waals surface area contributed by atoms with Gasteiger partial charge in [0.05, 0.1) is 5.69 Å². The monoisotopic (exact) mass is 412 g/mol. The van der Waals surface area contributed by atoms with E-state index in [1.807, 2.05) is 0 Å². The summed E-state index contributed by atoms with van der Waals surface area (Å²) in [5.41, 5.74) is 3.95. The van der Waals surface area contributed by atoms with E-state index in [9.17, 15) is 0 Å². The van der Waals surface area contributed by atoms with Crippen molar-refractivity contribution in [2.75, 3.05) is 5.33 Å². The average molecular weight is 414 g/mol. The summed E-state index contributed by atoms with van der Waals surface area (Å²) in [5, 5.41) is 5.66. The minimum absolute atomic E-state index is 0.595. The predicted molar refractivity (Wildman–Crippen MR) is 96.1 cm³/mol. The molecule has 0 radical (unpaired) electrons. The van der Waals surface area contributed by atoms with Crippen molar-refractivity contribution in [1.29, 1.82) is 0 Å². The molecule has 0 amide bonds. The van der Waals surface area contributed by atoms with E-state index in [2.05, 4.69) is 85.8 Å². The molecule has 0 aliphatic carbocycles. The Kier molecular flexibility index (Phi) is 6.49. The summed E-state index contributed by atoms with van der Waals surface area (Å²) in [5.74, 6) is 0.595. The Labute approximate surface area is 144 Å². The summed E-state index contributed by atoms with van der Waals surface area (Å²) in [4.78, 5) is 0. The number of aromatic nitrogens is 2. The van der Waals surface area contributed by atoms with Crippen LogP contribution in [0.15, 0.2) is 34.8 Å². The Morgan fingerprint density at radius 2 is 1.86 bits per heavy atom. The van der Waals surface area contributed by atoms with Crippen LogP contribution in [0.25, 0.3) is 0 Å². The van der Waals surface area contributed by atoms with E-state index in [4.69, 9.17) is 0 Å². The Morgan fingerprint density at radius 1 is 1.14 bits per heavy atom. The van der Waals surface area contributed by atoms with Gasteiger partial charge in [-0.15, -0.1) is 0 Å². The van der Waals surface area contributed by atoms with Crippen molar-refractivity contribution in [2.45, 2.75) is 39.7 Å². The molecular formula is C17H22Br2N2. The van der Waals surface area contributed by atoms with Crippen LogP contribution >= 0.6 is 31.9 Å². The molecule has 2 nitrogen and oxygen atoms in total. The molecule has 1 unspecified atom stereocenters. The van der Waals surface area contributed by atoms with Crippen molar-refractivity contribution < 1.29 is 0 Å². The van der Waals surface area contributed by atoms with Crippen LogP contribution < -0.4 is 0 Å². The molecular weight excluding hydrogens is 392 g/mol. The normalized spacial score (nSPS) is 12.6. The minimum atomic E-state index is 0.595. The van der Waals surface area contributed by atoms with Crippen LogP contribution in [0.3, 0.4) is 0 Å². The second-order valence-electron chi connectivity index (χ2n) is 5.35. The number of alkyl halides is 1. The quantitative estimate of drug-likeness (QED) is 0.582. The maximum atomic E-state index is 4.65. The molecule has 1 atom stereocenters. The van der Waals surface area contributed by atoms with E-state index >= 15 is 0 Å². The van der Waals surface area contributed by atoms with Gasteiger partial charge in [0.1, 0.15) is 0 Å². The van der Waals surface area contributed by atoms with Gasteiger partial charge in [-0.25, -0.2) is 0 Å². The Bertz CT molecular complexity index is 561. The van der Waals surface area contributed by atoms with E-state index in [1.54, 1.807) is 0 Å². The first-order valence-corrected chi connectivity index (χ1v) is 9.43. The van der Waals surface area contributed by atoms with Crippen molar-refractivity contribution in [3.05, 3.63) is 51.8 Å². The predicted octanol–water partition coefficient (Wildman–Crippen LogP) is 5.02. The van der Waals surface area contributed by atoms with E-state index in [0.717, 1.165) is 35.6 Å². The lowest BCUT2D eigenvalue weighted by Crippen LogP contribution is -2.13. The van der Waals surface area contributed by atoms with Gasteiger partial charge in [0.15, 0.2) is 0 Å². The van der Waals surface area contributed by atoms with E-state index in [-0.39, 0.29) is 0 Å². The third kappa shape index (κ3) is 4.68. The van der Waals surface area contributed by atoms with Crippen LogP contribution in [-0.2, 0) is 25.8 Å². The molecule has 0 spiro atoms. The molecule has 1 aromatic carbocycles. The number of aryl methyl sites for hydroxylation is 2. The summed E-state index contributed by atoms with van der Waals surface area (Å²) in [7, 11) is 0. The van der Waals surface area contributed by atoms with Crippen LogP contribution in [0, 0.1) is 5.92 Å². The van der Waals surface area contributed by atoms with Gasteiger partial charge in [0, 0.05) is 22.0 Å². The highest BCUT2D eigenvalue weighted by Gasteiger charge is 2.14. The molecule has 0 aliphatic rings. The van der Waals surface area contributed by atoms with E-state index < -0.39 is 0 Å². The summed E-state index contributed by atoms with van der Waals surface area (Å²) >= 11 is 7.17. The van der Waals surface area contributed by atoms with Crippen molar-refractivity contribution in [1.82, 2.24) is 9.78 Å². The molecule has 0 saturated heterocycles. The molecule has 0 bridgehead atoms. The topological polar surface area (TPSA) is 17.8 Å². The number of hydrogen-bond donors (Lipinski definition) is 0. The van der Waals surface area contributed by atoms with Crippen LogP contribution in [0.5, 0.6) is 0 Å². The summed E-state index contributed by atoms with van der Waals surface area (Å²) in [6, 6.07) is 10.9. The number of nitrogens with zero attached hydrogens (tertiary/aromatic N) is 2. The molecule has 0 aliphatic heterocycles. The van der Waals surface area contributed by atoms with E-state index in [0.29, 0.717) is 5.92 Å². The highest BCUT2D eigenvalue weighted by molar-refractivity contribution is 9.10. The van der Waals surface area contributed by atoms with Crippen molar-refractivity contribution in [3.63, 3.8) is 0 Å². The molecule has 114 valence electrons. The Morgan fingerprint density at radius 3 is 2.43 bits per heavy atom. The third-order valence-corrected chi connectivity index (χ3v) is 5.17. The number of benzene rings is 1. The first kappa shape index (κ1) is 16.8. The molecule has 4 heteroatoms. The molecule has 21 heavy (non-hydrogen) atoms. The van der Waals surface area contributed by atoms with Gasteiger partial charge in [0.25, 0.3) is 0 Å². The Balaban J connectivity index is 2.08. The maximum absolute atomic E-state index is 4.65. The van der Waals surface area contributed by atoms with Gasteiger partial charge >= 0.3 is 0 Å². The molecule has 0 fully saturated rings. The van der Waals surface area contributed by atoms with Crippen LogP contribution in [0.4, 0.5) is 0 Å². The number of halogens is 2. The second-order valence-corrected chi connectivity index (χ2v) is 6.91. The second kappa shape index (κ2) is 8.14. The molecule has 2 rings (SSSR count). The molecule has 1 aromatic heterocycles. The zero-order chi connectivity index (χ0) is 15.2.